The van der Waals surface area contributed by atoms with Crippen LogP contribution in [0.5, 0.6) is 0 Å². The number of hydrogen-bond acceptors (Lipinski definition) is 3. The van der Waals surface area contributed by atoms with Gasteiger partial charge in [0.15, 0.2) is 0 Å². The Morgan fingerprint density at radius 3 is 2.58 bits per heavy atom. The molecule has 0 amide bonds. The van der Waals surface area contributed by atoms with Crippen LogP contribution in [0.4, 0.5) is 13.2 Å². The summed E-state index contributed by atoms with van der Waals surface area (Å²) in [4.78, 5) is 0. The first-order valence-corrected chi connectivity index (χ1v) is 6.06. The van der Waals surface area contributed by atoms with E-state index in [1.54, 1.807) is 17.1 Å². The largest absolute Gasteiger partial charge is 0.411 e. The summed E-state index contributed by atoms with van der Waals surface area (Å²) in [6.45, 7) is 5.94. The van der Waals surface area contributed by atoms with Crippen molar-refractivity contribution in [1.29, 1.82) is 0 Å². The number of alkyl halides is 3. The van der Waals surface area contributed by atoms with Crippen molar-refractivity contribution < 1.29 is 17.9 Å². The molecule has 0 saturated heterocycles. The molecule has 0 aliphatic rings. The Kier molecular flexibility index (Phi) is 5.37. The fraction of sp³-hybridized carbons (Fsp3) is 0.750. The number of hydrogen-bond donors (Lipinski definition) is 1. The zero-order valence-corrected chi connectivity index (χ0v) is 11.4. The average molecular weight is 279 g/mol. The first kappa shape index (κ1) is 16.0. The number of nitrogens with zero attached hydrogens (tertiary/aromatic N) is 2. The third-order valence-electron chi connectivity index (χ3n) is 2.24. The molecule has 1 N–H and O–H groups in total. The van der Waals surface area contributed by atoms with E-state index in [0.717, 1.165) is 5.56 Å². The highest BCUT2D eigenvalue weighted by Gasteiger charge is 2.27. The lowest BCUT2D eigenvalue weighted by Crippen LogP contribution is -2.34. The highest BCUT2D eigenvalue weighted by molar-refractivity contribution is 5.03. The van der Waals surface area contributed by atoms with E-state index < -0.39 is 12.8 Å². The van der Waals surface area contributed by atoms with E-state index in [9.17, 15) is 13.2 Å². The normalized spacial score (nSPS) is 12.9. The van der Waals surface area contributed by atoms with Crippen LogP contribution < -0.4 is 5.32 Å². The number of aromatic nitrogens is 2. The third-order valence-corrected chi connectivity index (χ3v) is 2.24. The van der Waals surface area contributed by atoms with Crippen molar-refractivity contribution in [1.82, 2.24) is 15.1 Å². The molecule has 0 spiro atoms. The van der Waals surface area contributed by atoms with Crippen LogP contribution in [0.15, 0.2) is 12.4 Å². The molecule has 0 aliphatic heterocycles. The summed E-state index contributed by atoms with van der Waals surface area (Å²) in [6.07, 6.45) is -0.774. The van der Waals surface area contributed by atoms with Gasteiger partial charge in [-0.25, -0.2) is 0 Å². The van der Waals surface area contributed by atoms with Crippen molar-refractivity contribution in [3.8, 4) is 0 Å². The summed E-state index contributed by atoms with van der Waals surface area (Å²) in [7, 11) is 0. The second-order valence-electron chi connectivity index (χ2n) is 5.38. The van der Waals surface area contributed by atoms with Gasteiger partial charge in [0.2, 0.25) is 0 Å². The van der Waals surface area contributed by atoms with Gasteiger partial charge in [0.25, 0.3) is 0 Å². The maximum atomic E-state index is 11.8. The van der Waals surface area contributed by atoms with Crippen molar-refractivity contribution in [3.63, 3.8) is 0 Å². The van der Waals surface area contributed by atoms with Gasteiger partial charge < -0.3 is 10.1 Å². The van der Waals surface area contributed by atoms with Crippen LogP contribution in [0.1, 0.15) is 26.3 Å². The fourth-order valence-corrected chi connectivity index (χ4v) is 1.33. The fourth-order valence-electron chi connectivity index (χ4n) is 1.33. The van der Waals surface area contributed by atoms with Crippen LogP contribution in [0.25, 0.3) is 0 Å². The van der Waals surface area contributed by atoms with E-state index in [0.29, 0.717) is 13.1 Å². The first-order valence-electron chi connectivity index (χ1n) is 6.06. The van der Waals surface area contributed by atoms with Gasteiger partial charge in [-0.1, -0.05) is 0 Å². The molecule has 0 saturated carbocycles. The zero-order chi connectivity index (χ0) is 14.5. The number of rotatable bonds is 6. The predicted molar refractivity (Wildman–Crippen MR) is 65.7 cm³/mol. The van der Waals surface area contributed by atoms with Crippen molar-refractivity contribution in [2.24, 2.45) is 0 Å². The highest BCUT2D eigenvalue weighted by atomic mass is 19.4. The minimum atomic E-state index is -4.27. The summed E-state index contributed by atoms with van der Waals surface area (Å²) in [5.41, 5.74) is 1.00. The van der Waals surface area contributed by atoms with E-state index in [2.05, 4.69) is 35.9 Å². The number of ether oxygens (including phenoxy) is 1. The molecule has 1 rings (SSSR count). The van der Waals surface area contributed by atoms with E-state index in [4.69, 9.17) is 0 Å². The van der Waals surface area contributed by atoms with Crippen LogP contribution in [0.3, 0.4) is 0 Å². The molecule has 0 fully saturated rings. The maximum absolute atomic E-state index is 11.8. The lowest BCUT2D eigenvalue weighted by molar-refractivity contribution is -0.174. The van der Waals surface area contributed by atoms with Gasteiger partial charge in [0.05, 0.1) is 19.3 Å². The smallest absolute Gasteiger partial charge is 0.370 e. The molecule has 0 radical (unpaired) electrons. The van der Waals surface area contributed by atoms with Gasteiger partial charge in [0.1, 0.15) is 6.61 Å². The van der Waals surface area contributed by atoms with Crippen molar-refractivity contribution in [3.05, 3.63) is 18.0 Å². The molecule has 0 unspecified atom stereocenters. The van der Waals surface area contributed by atoms with Crippen LogP contribution in [-0.2, 0) is 17.8 Å². The molecule has 1 aromatic rings. The maximum Gasteiger partial charge on any atom is 0.411 e. The van der Waals surface area contributed by atoms with Crippen LogP contribution >= 0.6 is 0 Å². The molecule has 1 heterocycles. The van der Waals surface area contributed by atoms with Gasteiger partial charge >= 0.3 is 6.18 Å². The van der Waals surface area contributed by atoms with Crippen LogP contribution in [-0.4, -0.2) is 34.7 Å². The second kappa shape index (κ2) is 6.38. The first-order chi connectivity index (χ1) is 8.66. The third kappa shape index (κ3) is 7.84. The molecule has 0 aromatic carbocycles. The van der Waals surface area contributed by atoms with E-state index >= 15 is 0 Å². The Morgan fingerprint density at radius 1 is 1.32 bits per heavy atom. The Hall–Kier alpha value is -1.08. The molecule has 19 heavy (non-hydrogen) atoms. The molecule has 0 bridgehead atoms. The van der Waals surface area contributed by atoms with Crippen molar-refractivity contribution >= 4 is 0 Å². The van der Waals surface area contributed by atoms with E-state index in [-0.39, 0.29) is 12.1 Å². The predicted octanol–water partition coefficient (Wildman–Crippen LogP) is 2.35. The molecule has 7 heteroatoms. The molecule has 110 valence electrons. The molecule has 0 atom stereocenters. The van der Waals surface area contributed by atoms with Crippen LogP contribution in [0, 0.1) is 0 Å². The SMILES string of the molecule is CC(C)(C)NCc1cnn(CCOCC(F)(F)F)c1. The Balaban J connectivity index is 2.27. The highest BCUT2D eigenvalue weighted by Crippen LogP contribution is 2.14. The minimum Gasteiger partial charge on any atom is -0.370 e. The molecule has 0 aliphatic carbocycles. The summed E-state index contributed by atoms with van der Waals surface area (Å²) < 4.78 is 41.6. The number of nitrogens with one attached hydrogen (secondary N) is 1. The molecular weight excluding hydrogens is 259 g/mol. The number of halogens is 3. The topological polar surface area (TPSA) is 39.1 Å². The molecule has 4 nitrogen and oxygen atoms in total. The van der Waals surface area contributed by atoms with Gasteiger partial charge in [-0.05, 0) is 20.8 Å². The van der Waals surface area contributed by atoms with Gasteiger partial charge in [-0.3, -0.25) is 4.68 Å². The minimum absolute atomic E-state index is 0.00662. The van der Waals surface area contributed by atoms with Crippen LogP contribution in [0.2, 0.25) is 0 Å². The summed E-state index contributed by atoms with van der Waals surface area (Å²) in [5.74, 6) is 0. The van der Waals surface area contributed by atoms with Gasteiger partial charge in [-0.2, -0.15) is 18.3 Å². The lowest BCUT2D eigenvalue weighted by atomic mass is 10.1. The summed E-state index contributed by atoms with van der Waals surface area (Å²) in [6, 6.07) is 0. The van der Waals surface area contributed by atoms with E-state index in [1.807, 2.05) is 0 Å². The van der Waals surface area contributed by atoms with Gasteiger partial charge in [-0.15, -0.1) is 0 Å². The summed E-state index contributed by atoms with van der Waals surface area (Å²) in [5, 5.41) is 7.37. The van der Waals surface area contributed by atoms with Crippen molar-refractivity contribution in [2.45, 2.75) is 45.6 Å². The Bertz CT molecular complexity index is 382. The molecular formula is C12H20F3N3O. The van der Waals surface area contributed by atoms with Gasteiger partial charge in [0, 0.05) is 23.8 Å². The van der Waals surface area contributed by atoms with Crippen molar-refractivity contribution in [2.75, 3.05) is 13.2 Å². The standard InChI is InChI=1S/C12H20F3N3O/c1-11(2,3)16-6-10-7-17-18(8-10)4-5-19-9-12(13,14)15/h7-8,16H,4-6,9H2,1-3H3. The average Bonchev–Trinajstić information content (AvgIpc) is 2.67. The van der Waals surface area contributed by atoms with E-state index in [1.165, 1.54) is 0 Å². The summed E-state index contributed by atoms with van der Waals surface area (Å²) >= 11 is 0. The molecule has 1 aromatic heterocycles. The zero-order valence-electron chi connectivity index (χ0n) is 11.4. The monoisotopic (exact) mass is 279 g/mol. The lowest BCUT2D eigenvalue weighted by Gasteiger charge is -2.19. The quantitative estimate of drug-likeness (QED) is 0.812. The second-order valence-corrected chi connectivity index (χ2v) is 5.38. The Morgan fingerprint density at radius 2 is 2.00 bits per heavy atom. The Labute approximate surface area is 110 Å².